The Labute approximate surface area is 121 Å². The molecule has 4 nitrogen and oxygen atoms in total. The summed E-state index contributed by atoms with van der Waals surface area (Å²) in [4.78, 5) is 12.3. The second kappa shape index (κ2) is 7.90. The van der Waals surface area contributed by atoms with Crippen LogP contribution in [0, 0.1) is 0 Å². The van der Waals surface area contributed by atoms with E-state index in [4.69, 9.17) is 10.5 Å². The van der Waals surface area contributed by atoms with Crippen molar-refractivity contribution in [1.29, 1.82) is 0 Å². The molecule has 1 unspecified atom stereocenters. The third-order valence-corrected chi connectivity index (χ3v) is 3.46. The van der Waals surface area contributed by atoms with Crippen LogP contribution in [0.4, 0.5) is 0 Å². The largest absolute Gasteiger partial charge is 0.494 e. The summed E-state index contributed by atoms with van der Waals surface area (Å²) < 4.78 is 5.55. The summed E-state index contributed by atoms with van der Waals surface area (Å²) in [6.45, 7) is 7.34. The second-order valence-corrected chi connectivity index (χ2v) is 5.28. The van der Waals surface area contributed by atoms with Crippen molar-refractivity contribution in [3.63, 3.8) is 0 Å². The lowest BCUT2D eigenvalue weighted by molar-refractivity contribution is 0.0899. The number of rotatable bonds is 8. The van der Waals surface area contributed by atoms with Gasteiger partial charge in [0.25, 0.3) is 5.91 Å². The summed E-state index contributed by atoms with van der Waals surface area (Å²) >= 11 is 0. The number of nitrogens with one attached hydrogen (secondary N) is 1. The van der Waals surface area contributed by atoms with Crippen LogP contribution in [0.25, 0.3) is 0 Å². The summed E-state index contributed by atoms with van der Waals surface area (Å²) in [7, 11) is 0. The normalized spacial score (nSPS) is 13.6. The first-order valence-corrected chi connectivity index (χ1v) is 7.30. The van der Waals surface area contributed by atoms with Gasteiger partial charge in [-0.3, -0.25) is 4.79 Å². The molecule has 0 saturated carbocycles. The second-order valence-electron chi connectivity index (χ2n) is 5.28. The van der Waals surface area contributed by atoms with Crippen molar-refractivity contribution >= 4 is 5.91 Å². The average Bonchev–Trinajstić information content (AvgIpc) is 2.45. The number of amides is 1. The van der Waals surface area contributed by atoms with Gasteiger partial charge >= 0.3 is 0 Å². The lowest BCUT2D eigenvalue weighted by Gasteiger charge is -2.29. The number of carbonyl (C=O) groups excluding carboxylic acids is 1. The summed E-state index contributed by atoms with van der Waals surface area (Å²) in [6.07, 6.45) is 2.56. The Morgan fingerprint density at radius 3 is 2.75 bits per heavy atom. The summed E-state index contributed by atoms with van der Waals surface area (Å²) in [5.74, 6) is 0.654. The number of ether oxygens (including phenoxy) is 1. The molecule has 1 aromatic carbocycles. The van der Waals surface area contributed by atoms with Gasteiger partial charge in [-0.25, -0.2) is 0 Å². The van der Waals surface area contributed by atoms with Gasteiger partial charge in [0, 0.05) is 11.1 Å². The first-order valence-electron chi connectivity index (χ1n) is 7.30. The third kappa shape index (κ3) is 4.85. The van der Waals surface area contributed by atoms with E-state index in [1.54, 1.807) is 12.1 Å². The Balaban J connectivity index is 2.76. The minimum Gasteiger partial charge on any atom is -0.494 e. The predicted octanol–water partition coefficient (Wildman–Crippen LogP) is 2.72. The fourth-order valence-electron chi connectivity index (χ4n) is 1.94. The molecule has 1 amide bonds. The summed E-state index contributed by atoms with van der Waals surface area (Å²) in [6, 6.07) is 7.29. The van der Waals surface area contributed by atoms with Gasteiger partial charge in [-0.05, 0) is 50.9 Å². The molecule has 0 spiro atoms. The van der Waals surface area contributed by atoms with E-state index in [0.29, 0.717) is 18.7 Å². The Morgan fingerprint density at radius 1 is 1.40 bits per heavy atom. The molecular weight excluding hydrogens is 252 g/mol. The smallest absolute Gasteiger partial charge is 0.251 e. The molecule has 0 aliphatic carbocycles. The van der Waals surface area contributed by atoms with Crippen LogP contribution in [0.5, 0.6) is 5.75 Å². The molecule has 0 radical (unpaired) electrons. The highest BCUT2D eigenvalue weighted by molar-refractivity contribution is 5.95. The molecule has 20 heavy (non-hydrogen) atoms. The molecular formula is C16H26N2O2. The van der Waals surface area contributed by atoms with E-state index in [0.717, 1.165) is 25.0 Å². The van der Waals surface area contributed by atoms with Crippen molar-refractivity contribution in [3.05, 3.63) is 29.8 Å². The third-order valence-electron chi connectivity index (χ3n) is 3.46. The van der Waals surface area contributed by atoms with Crippen LogP contribution in [-0.2, 0) is 0 Å². The Hall–Kier alpha value is -1.55. The van der Waals surface area contributed by atoms with Gasteiger partial charge < -0.3 is 15.8 Å². The molecule has 0 bridgehead atoms. The maximum atomic E-state index is 12.3. The molecule has 0 aliphatic heterocycles. The Kier molecular flexibility index (Phi) is 6.52. The summed E-state index contributed by atoms with van der Waals surface area (Å²) in [5, 5.41) is 3.07. The van der Waals surface area contributed by atoms with E-state index < -0.39 is 0 Å². The molecule has 1 rings (SSSR count). The highest BCUT2D eigenvalue weighted by Crippen LogP contribution is 2.17. The zero-order valence-corrected chi connectivity index (χ0v) is 12.7. The van der Waals surface area contributed by atoms with Crippen LogP contribution in [0.15, 0.2) is 24.3 Å². The molecule has 1 atom stereocenters. The van der Waals surface area contributed by atoms with Gasteiger partial charge in [-0.2, -0.15) is 0 Å². The topological polar surface area (TPSA) is 64.3 Å². The van der Waals surface area contributed by atoms with Crippen molar-refractivity contribution in [3.8, 4) is 5.75 Å². The first-order chi connectivity index (χ1) is 9.54. The van der Waals surface area contributed by atoms with Gasteiger partial charge in [-0.1, -0.05) is 19.9 Å². The van der Waals surface area contributed by atoms with Crippen LogP contribution in [0.1, 0.15) is 50.4 Å². The molecule has 4 heteroatoms. The van der Waals surface area contributed by atoms with Crippen LogP contribution in [0.2, 0.25) is 0 Å². The van der Waals surface area contributed by atoms with E-state index in [1.165, 1.54) is 0 Å². The van der Waals surface area contributed by atoms with Crippen molar-refractivity contribution in [1.82, 2.24) is 5.32 Å². The highest BCUT2D eigenvalue weighted by Gasteiger charge is 2.23. The molecule has 112 valence electrons. The molecule has 0 saturated heterocycles. The van der Waals surface area contributed by atoms with Gasteiger partial charge in [0.05, 0.1) is 6.61 Å². The van der Waals surface area contributed by atoms with Crippen LogP contribution < -0.4 is 15.8 Å². The maximum absolute atomic E-state index is 12.3. The standard InChI is InChI=1S/C16H26N2O2/c1-4-11-20-14-8-6-7-13(12-14)15(19)18-16(3,5-2)9-10-17/h6-8,12H,4-5,9-11,17H2,1-3H3,(H,18,19). The zero-order chi connectivity index (χ0) is 15.0. The number of hydrogen-bond acceptors (Lipinski definition) is 3. The first kappa shape index (κ1) is 16.5. The number of carbonyl (C=O) groups is 1. The fourth-order valence-corrected chi connectivity index (χ4v) is 1.94. The van der Waals surface area contributed by atoms with Crippen molar-refractivity contribution in [2.45, 2.75) is 45.6 Å². The van der Waals surface area contributed by atoms with E-state index in [-0.39, 0.29) is 11.4 Å². The average molecular weight is 278 g/mol. The minimum atomic E-state index is -0.258. The van der Waals surface area contributed by atoms with Gasteiger partial charge in [0.1, 0.15) is 5.75 Å². The van der Waals surface area contributed by atoms with E-state index in [1.807, 2.05) is 19.1 Å². The van der Waals surface area contributed by atoms with E-state index in [9.17, 15) is 4.79 Å². The Bertz CT molecular complexity index is 434. The molecule has 0 heterocycles. The van der Waals surface area contributed by atoms with E-state index in [2.05, 4.69) is 19.2 Å². The lowest BCUT2D eigenvalue weighted by atomic mass is 9.94. The molecule has 0 aromatic heterocycles. The zero-order valence-electron chi connectivity index (χ0n) is 12.7. The van der Waals surface area contributed by atoms with Gasteiger partial charge in [-0.15, -0.1) is 0 Å². The lowest BCUT2D eigenvalue weighted by Crippen LogP contribution is -2.46. The van der Waals surface area contributed by atoms with Crippen LogP contribution >= 0.6 is 0 Å². The molecule has 3 N–H and O–H groups in total. The van der Waals surface area contributed by atoms with Gasteiger partial charge in [0.2, 0.25) is 0 Å². The number of hydrogen-bond donors (Lipinski definition) is 2. The molecule has 0 aliphatic rings. The van der Waals surface area contributed by atoms with Crippen molar-refractivity contribution in [2.75, 3.05) is 13.2 Å². The Morgan fingerprint density at radius 2 is 2.15 bits per heavy atom. The van der Waals surface area contributed by atoms with Crippen molar-refractivity contribution < 1.29 is 9.53 Å². The molecule has 0 fully saturated rings. The summed E-state index contributed by atoms with van der Waals surface area (Å²) in [5.41, 5.74) is 5.98. The number of nitrogens with two attached hydrogens (primary N) is 1. The number of benzene rings is 1. The van der Waals surface area contributed by atoms with Crippen molar-refractivity contribution in [2.24, 2.45) is 5.73 Å². The molecule has 1 aromatic rings. The SMILES string of the molecule is CCCOc1cccc(C(=O)NC(C)(CC)CCN)c1. The maximum Gasteiger partial charge on any atom is 0.251 e. The minimum absolute atomic E-state index is 0.0789. The quantitative estimate of drug-likeness (QED) is 0.768. The van der Waals surface area contributed by atoms with Crippen LogP contribution in [-0.4, -0.2) is 24.6 Å². The highest BCUT2D eigenvalue weighted by atomic mass is 16.5. The van der Waals surface area contributed by atoms with Gasteiger partial charge in [0.15, 0.2) is 0 Å². The fraction of sp³-hybridized carbons (Fsp3) is 0.562. The monoisotopic (exact) mass is 278 g/mol. The van der Waals surface area contributed by atoms with E-state index >= 15 is 0 Å². The van der Waals surface area contributed by atoms with Crippen LogP contribution in [0.3, 0.4) is 0 Å². The predicted molar refractivity (Wildman–Crippen MR) is 82.1 cm³/mol.